The summed E-state index contributed by atoms with van der Waals surface area (Å²) in [4.78, 5) is 11.0. The van der Waals surface area contributed by atoms with E-state index in [1.165, 1.54) is 5.56 Å². The molecule has 22 heavy (non-hydrogen) atoms. The first kappa shape index (κ1) is 15.4. The minimum absolute atomic E-state index is 0.137. The molecule has 2 aliphatic carbocycles. The van der Waals surface area contributed by atoms with Gasteiger partial charge in [-0.05, 0) is 62.1 Å². The van der Waals surface area contributed by atoms with E-state index in [1.807, 2.05) is 0 Å². The fourth-order valence-electron chi connectivity index (χ4n) is 3.78. The number of rotatable bonds is 5. The number of carboxylic acids is 1. The average molecular weight is 302 g/mol. The molecule has 0 heterocycles. The first-order chi connectivity index (χ1) is 10.5. The Morgan fingerprint density at radius 1 is 1.27 bits per heavy atom. The zero-order chi connectivity index (χ0) is 15.7. The normalized spacial score (nSPS) is 30.5. The molecule has 1 spiro atoms. The van der Waals surface area contributed by atoms with Crippen LogP contribution in [0.2, 0.25) is 0 Å². The molecule has 3 heteroatoms. The molecule has 1 atom stereocenters. The van der Waals surface area contributed by atoms with Crippen molar-refractivity contribution in [2.24, 2.45) is 17.3 Å². The molecule has 0 bridgehead atoms. The second-order valence-corrected chi connectivity index (χ2v) is 7.53. The number of carboxylic acid groups (broad SMARTS) is 1. The SMILES string of the molecule is CC(C)Cc1ccc(O[C@H]2CC23CCC(C(=O)O)CC3)cc1. The number of benzene rings is 1. The molecule has 0 saturated heterocycles. The Balaban J connectivity index is 1.52. The van der Waals surface area contributed by atoms with E-state index in [0.29, 0.717) is 5.92 Å². The second-order valence-electron chi connectivity index (χ2n) is 7.53. The second kappa shape index (κ2) is 5.94. The van der Waals surface area contributed by atoms with E-state index < -0.39 is 5.97 Å². The van der Waals surface area contributed by atoms with Crippen molar-refractivity contribution in [1.29, 1.82) is 0 Å². The lowest BCUT2D eigenvalue weighted by molar-refractivity contribution is -0.143. The van der Waals surface area contributed by atoms with Gasteiger partial charge in [-0.25, -0.2) is 0 Å². The summed E-state index contributed by atoms with van der Waals surface area (Å²) in [5.41, 5.74) is 1.62. The molecule has 0 radical (unpaired) electrons. The van der Waals surface area contributed by atoms with E-state index in [4.69, 9.17) is 9.84 Å². The molecule has 0 aromatic heterocycles. The molecule has 1 aromatic carbocycles. The highest BCUT2D eigenvalue weighted by Gasteiger charge is 2.57. The van der Waals surface area contributed by atoms with Gasteiger partial charge in [0, 0.05) is 5.41 Å². The molecular weight excluding hydrogens is 276 g/mol. The summed E-state index contributed by atoms with van der Waals surface area (Å²) < 4.78 is 6.13. The molecule has 3 rings (SSSR count). The van der Waals surface area contributed by atoms with Crippen LogP contribution in [-0.2, 0) is 11.2 Å². The van der Waals surface area contributed by atoms with Crippen molar-refractivity contribution in [3.05, 3.63) is 29.8 Å². The van der Waals surface area contributed by atoms with Crippen LogP contribution in [0.3, 0.4) is 0 Å². The smallest absolute Gasteiger partial charge is 0.306 e. The van der Waals surface area contributed by atoms with Crippen molar-refractivity contribution in [2.75, 3.05) is 0 Å². The van der Waals surface area contributed by atoms with Crippen molar-refractivity contribution in [1.82, 2.24) is 0 Å². The van der Waals surface area contributed by atoms with Crippen LogP contribution >= 0.6 is 0 Å². The summed E-state index contributed by atoms with van der Waals surface area (Å²) in [7, 11) is 0. The average Bonchev–Trinajstić information content (AvgIpc) is 3.12. The molecule has 1 N–H and O–H groups in total. The summed E-state index contributed by atoms with van der Waals surface area (Å²) >= 11 is 0. The molecule has 0 aliphatic heterocycles. The van der Waals surface area contributed by atoms with E-state index >= 15 is 0 Å². The van der Waals surface area contributed by atoms with Crippen molar-refractivity contribution in [3.63, 3.8) is 0 Å². The van der Waals surface area contributed by atoms with Crippen LogP contribution < -0.4 is 4.74 Å². The van der Waals surface area contributed by atoms with Crippen LogP contribution in [0.4, 0.5) is 0 Å². The van der Waals surface area contributed by atoms with Crippen molar-refractivity contribution in [2.45, 2.75) is 58.5 Å². The number of carbonyl (C=O) groups is 1. The summed E-state index contributed by atoms with van der Waals surface area (Å²) in [6.07, 6.45) is 6.10. The van der Waals surface area contributed by atoms with Gasteiger partial charge >= 0.3 is 5.97 Å². The van der Waals surface area contributed by atoms with E-state index in [2.05, 4.69) is 38.1 Å². The quantitative estimate of drug-likeness (QED) is 0.882. The standard InChI is InChI=1S/C19H26O3/c1-13(2)11-14-3-5-16(6-4-14)22-17-12-19(17)9-7-15(8-10-19)18(20)21/h3-6,13,15,17H,7-12H2,1-2H3,(H,20,21)/t15?,17-,19?/m0/s1. The lowest BCUT2D eigenvalue weighted by Gasteiger charge is -2.26. The van der Waals surface area contributed by atoms with E-state index in [0.717, 1.165) is 44.3 Å². The maximum Gasteiger partial charge on any atom is 0.306 e. The number of hydrogen-bond donors (Lipinski definition) is 1. The van der Waals surface area contributed by atoms with Crippen LogP contribution in [-0.4, -0.2) is 17.2 Å². The number of ether oxygens (including phenoxy) is 1. The Bertz CT molecular complexity index is 524. The topological polar surface area (TPSA) is 46.5 Å². The van der Waals surface area contributed by atoms with Gasteiger partial charge in [0.1, 0.15) is 11.9 Å². The van der Waals surface area contributed by atoms with Crippen LogP contribution in [0.25, 0.3) is 0 Å². The summed E-state index contributed by atoms with van der Waals surface area (Å²) in [5, 5.41) is 9.09. The van der Waals surface area contributed by atoms with E-state index in [-0.39, 0.29) is 17.4 Å². The fraction of sp³-hybridized carbons (Fsp3) is 0.632. The van der Waals surface area contributed by atoms with Gasteiger partial charge in [-0.1, -0.05) is 26.0 Å². The van der Waals surface area contributed by atoms with Crippen LogP contribution in [0.5, 0.6) is 5.75 Å². The highest BCUT2D eigenvalue weighted by molar-refractivity contribution is 5.70. The monoisotopic (exact) mass is 302 g/mol. The molecule has 2 saturated carbocycles. The lowest BCUT2D eigenvalue weighted by atomic mass is 9.79. The van der Waals surface area contributed by atoms with E-state index in [1.54, 1.807) is 0 Å². The van der Waals surface area contributed by atoms with Gasteiger partial charge in [0.2, 0.25) is 0 Å². The first-order valence-corrected chi connectivity index (χ1v) is 8.47. The third kappa shape index (κ3) is 3.29. The Kier molecular flexibility index (Phi) is 4.16. The van der Waals surface area contributed by atoms with Crippen LogP contribution in [0, 0.1) is 17.3 Å². The van der Waals surface area contributed by atoms with Crippen molar-refractivity contribution in [3.8, 4) is 5.75 Å². The molecular formula is C19H26O3. The molecule has 2 fully saturated rings. The van der Waals surface area contributed by atoms with Crippen molar-refractivity contribution >= 4 is 5.97 Å². The Hall–Kier alpha value is -1.51. The zero-order valence-electron chi connectivity index (χ0n) is 13.5. The number of hydrogen-bond acceptors (Lipinski definition) is 2. The van der Waals surface area contributed by atoms with Crippen molar-refractivity contribution < 1.29 is 14.6 Å². The van der Waals surface area contributed by atoms with Crippen LogP contribution in [0.15, 0.2) is 24.3 Å². The molecule has 3 nitrogen and oxygen atoms in total. The lowest BCUT2D eigenvalue weighted by Crippen LogP contribution is -2.25. The maximum atomic E-state index is 11.0. The summed E-state index contributed by atoms with van der Waals surface area (Å²) in [5.74, 6) is 0.855. The number of aliphatic carboxylic acids is 1. The Morgan fingerprint density at radius 2 is 1.91 bits per heavy atom. The van der Waals surface area contributed by atoms with Gasteiger partial charge in [-0.2, -0.15) is 0 Å². The van der Waals surface area contributed by atoms with Gasteiger partial charge in [0.05, 0.1) is 5.92 Å². The largest absolute Gasteiger partial charge is 0.490 e. The summed E-state index contributed by atoms with van der Waals surface area (Å²) in [6.45, 7) is 4.46. The van der Waals surface area contributed by atoms with Crippen LogP contribution in [0.1, 0.15) is 51.5 Å². The molecule has 1 aromatic rings. The Labute approximate surface area is 132 Å². The third-order valence-corrected chi connectivity index (χ3v) is 5.29. The molecule has 0 amide bonds. The zero-order valence-corrected chi connectivity index (χ0v) is 13.5. The fourth-order valence-corrected chi connectivity index (χ4v) is 3.78. The van der Waals surface area contributed by atoms with Gasteiger partial charge in [0.15, 0.2) is 0 Å². The van der Waals surface area contributed by atoms with E-state index in [9.17, 15) is 4.79 Å². The highest BCUT2D eigenvalue weighted by atomic mass is 16.5. The third-order valence-electron chi connectivity index (χ3n) is 5.29. The minimum Gasteiger partial charge on any atom is -0.490 e. The van der Waals surface area contributed by atoms with Gasteiger partial charge in [-0.15, -0.1) is 0 Å². The predicted molar refractivity (Wildman–Crippen MR) is 86.0 cm³/mol. The highest BCUT2D eigenvalue weighted by Crippen LogP contribution is 2.58. The Morgan fingerprint density at radius 3 is 2.45 bits per heavy atom. The van der Waals surface area contributed by atoms with Gasteiger partial charge < -0.3 is 9.84 Å². The molecule has 120 valence electrons. The van der Waals surface area contributed by atoms with Gasteiger partial charge in [0.25, 0.3) is 0 Å². The van der Waals surface area contributed by atoms with Gasteiger partial charge in [-0.3, -0.25) is 4.79 Å². The minimum atomic E-state index is -0.631. The molecule has 2 aliphatic rings. The first-order valence-electron chi connectivity index (χ1n) is 8.47. The predicted octanol–water partition coefficient (Wildman–Crippen LogP) is 4.30. The molecule has 0 unspecified atom stereocenters. The summed E-state index contributed by atoms with van der Waals surface area (Å²) in [6, 6.07) is 8.47. The maximum absolute atomic E-state index is 11.0.